The summed E-state index contributed by atoms with van der Waals surface area (Å²) in [5.41, 5.74) is 6.08. The van der Waals surface area contributed by atoms with E-state index in [9.17, 15) is 14.4 Å². The van der Waals surface area contributed by atoms with E-state index >= 15 is 0 Å². The van der Waals surface area contributed by atoms with Gasteiger partial charge in [0.05, 0.1) is 12.3 Å². The average molecular weight is 425 g/mol. The van der Waals surface area contributed by atoms with Crippen molar-refractivity contribution in [3.63, 3.8) is 0 Å². The Morgan fingerprint density at radius 1 is 1.07 bits per heavy atom. The summed E-state index contributed by atoms with van der Waals surface area (Å²) in [5, 5.41) is 2.54. The van der Waals surface area contributed by atoms with Gasteiger partial charge in [-0.15, -0.1) is 0 Å². The van der Waals surface area contributed by atoms with Gasteiger partial charge in [-0.05, 0) is 67.2 Å². The number of carbonyl (C=O) groups is 3. The molecular weight excluding hydrogens is 406 g/mol. The number of hydrogen-bond donors (Lipinski definition) is 2. The molecule has 0 unspecified atom stereocenters. The lowest BCUT2D eigenvalue weighted by Crippen LogP contribution is -2.54. The van der Waals surface area contributed by atoms with Crippen molar-refractivity contribution in [2.45, 2.75) is 6.92 Å². The fourth-order valence-corrected chi connectivity index (χ4v) is 3.01. The highest BCUT2D eigenvalue weighted by Crippen LogP contribution is 2.25. The number of ether oxygens (including phenoxy) is 2. The van der Waals surface area contributed by atoms with Crippen molar-refractivity contribution in [3.8, 4) is 11.5 Å². The average Bonchev–Trinajstić information content (AvgIpc) is 2.72. The maximum Gasteiger partial charge on any atom is 0.270 e. The van der Waals surface area contributed by atoms with E-state index in [0.29, 0.717) is 29.4 Å². The number of thiocarbonyl (C=S) groups is 1. The first-order valence-corrected chi connectivity index (χ1v) is 9.45. The molecule has 1 saturated heterocycles. The number of amides is 3. The first kappa shape index (κ1) is 21.0. The number of primary amides is 1. The third-order valence-electron chi connectivity index (χ3n) is 4.08. The highest BCUT2D eigenvalue weighted by atomic mass is 32.1. The van der Waals surface area contributed by atoms with Crippen LogP contribution in [0.1, 0.15) is 12.5 Å². The van der Waals surface area contributed by atoms with Crippen LogP contribution in [-0.2, 0) is 14.4 Å². The van der Waals surface area contributed by atoms with Crippen LogP contribution in [0.2, 0.25) is 0 Å². The molecule has 3 rings (SSSR count). The number of benzene rings is 2. The third-order valence-corrected chi connectivity index (χ3v) is 4.36. The van der Waals surface area contributed by atoms with E-state index in [1.54, 1.807) is 48.5 Å². The van der Waals surface area contributed by atoms with Gasteiger partial charge in [-0.1, -0.05) is 12.1 Å². The molecule has 1 aliphatic rings. The predicted molar refractivity (Wildman–Crippen MR) is 115 cm³/mol. The molecule has 0 aliphatic carbocycles. The minimum atomic E-state index is -0.587. The Kier molecular flexibility index (Phi) is 6.43. The molecule has 30 heavy (non-hydrogen) atoms. The van der Waals surface area contributed by atoms with Crippen molar-refractivity contribution in [1.82, 2.24) is 5.32 Å². The topological polar surface area (TPSA) is 111 Å². The molecule has 3 N–H and O–H groups in total. The summed E-state index contributed by atoms with van der Waals surface area (Å²) in [7, 11) is 0. The van der Waals surface area contributed by atoms with E-state index in [4.69, 9.17) is 27.4 Å². The van der Waals surface area contributed by atoms with Crippen LogP contribution in [0.25, 0.3) is 6.08 Å². The monoisotopic (exact) mass is 425 g/mol. The maximum absolute atomic E-state index is 13.0. The van der Waals surface area contributed by atoms with Crippen LogP contribution in [-0.4, -0.2) is 36.0 Å². The van der Waals surface area contributed by atoms with Crippen LogP contribution < -0.4 is 25.4 Å². The molecule has 8 nitrogen and oxygen atoms in total. The Morgan fingerprint density at radius 3 is 2.27 bits per heavy atom. The molecule has 1 aliphatic heterocycles. The van der Waals surface area contributed by atoms with Crippen LogP contribution in [0.3, 0.4) is 0 Å². The molecule has 9 heteroatoms. The predicted octanol–water partition coefficient (Wildman–Crippen LogP) is 1.78. The summed E-state index contributed by atoms with van der Waals surface area (Å²) in [6.07, 6.45) is 1.46. The Hall–Kier alpha value is -3.72. The fraction of sp³-hybridized carbons (Fsp3) is 0.143. The van der Waals surface area contributed by atoms with Crippen molar-refractivity contribution in [1.29, 1.82) is 0 Å². The zero-order chi connectivity index (χ0) is 21.7. The third kappa shape index (κ3) is 4.81. The normalized spacial score (nSPS) is 15.2. The Morgan fingerprint density at radius 2 is 1.67 bits per heavy atom. The molecule has 0 spiro atoms. The molecular formula is C21H19N3O5S. The molecule has 0 bridgehead atoms. The fourth-order valence-electron chi connectivity index (χ4n) is 2.73. The molecule has 1 fully saturated rings. The van der Waals surface area contributed by atoms with Crippen LogP contribution in [0.4, 0.5) is 5.69 Å². The van der Waals surface area contributed by atoms with Crippen molar-refractivity contribution in [3.05, 3.63) is 59.7 Å². The highest BCUT2D eigenvalue weighted by Gasteiger charge is 2.34. The number of carbonyl (C=O) groups excluding carboxylic acids is 3. The van der Waals surface area contributed by atoms with Gasteiger partial charge in [-0.3, -0.25) is 24.6 Å². The summed E-state index contributed by atoms with van der Waals surface area (Å²) in [6, 6.07) is 13.3. The number of nitrogens with zero attached hydrogens (tertiary/aromatic N) is 1. The van der Waals surface area contributed by atoms with Crippen molar-refractivity contribution < 1.29 is 23.9 Å². The van der Waals surface area contributed by atoms with Gasteiger partial charge < -0.3 is 15.2 Å². The lowest BCUT2D eigenvalue weighted by atomic mass is 10.1. The zero-order valence-corrected chi connectivity index (χ0v) is 16.9. The first-order chi connectivity index (χ1) is 14.4. The van der Waals surface area contributed by atoms with E-state index in [-0.39, 0.29) is 17.3 Å². The molecule has 0 radical (unpaired) electrons. The number of anilines is 1. The molecule has 0 aromatic heterocycles. The molecule has 154 valence electrons. The Bertz CT molecular complexity index is 1020. The van der Waals surface area contributed by atoms with Crippen LogP contribution in [0.15, 0.2) is 54.1 Å². The van der Waals surface area contributed by atoms with E-state index in [1.165, 1.54) is 11.0 Å². The largest absolute Gasteiger partial charge is 0.494 e. The van der Waals surface area contributed by atoms with Gasteiger partial charge in [0.2, 0.25) is 0 Å². The number of nitrogens with one attached hydrogen (secondary N) is 1. The quantitative estimate of drug-likeness (QED) is 0.397. The summed E-state index contributed by atoms with van der Waals surface area (Å²) >= 11 is 5.19. The molecule has 2 aromatic rings. The van der Waals surface area contributed by atoms with E-state index in [2.05, 4.69) is 5.32 Å². The van der Waals surface area contributed by atoms with Crippen LogP contribution in [0, 0.1) is 0 Å². The molecule has 0 saturated carbocycles. The standard InChI is InChI=1S/C21H19N3O5S/c1-2-28-15-9-5-14(6-10-15)24-20(27)17(19(26)23-21(24)30)11-13-3-7-16(8-4-13)29-12-18(22)25/h3-11H,2,12H2,1H3,(H2,22,25)(H,23,26,30)/b17-11+. The van der Waals surface area contributed by atoms with Gasteiger partial charge in [0.25, 0.3) is 17.7 Å². The Labute approximate surface area is 178 Å². The minimum Gasteiger partial charge on any atom is -0.494 e. The summed E-state index contributed by atoms with van der Waals surface area (Å²) < 4.78 is 10.6. The number of nitrogens with two attached hydrogens (primary N) is 1. The van der Waals surface area contributed by atoms with Gasteiger partial charge in [-0.25, -0.2) is 0 Å². The molecule has 0 atom stereocenters. The second-order valence-electron chi connectivity index (χ2n) is 6.21. The van der Waals surface area contributed by atoms with Gasteiger partial charge >= 0.3 is 0 Å². The smallest absolute Gasteiger partial charge is 0.270 e. The number of hydrogen-bond acceptors (Lipinski definition) is 6. The van der Waals surface area contributed by atoms with E-state index < -0.39 is 17.7 Å². The second kappa shape index (κ2) is 9.19. The van der Waals surface area contributed by atoms with Gasteiger partial charge in [-0.2, -0.15) is 0 Å². The molecule has 1 heterocycles. The lowest BCUT2D eigenvalue weighted by Gasteiger charge is -2.29. The van der Waals surface area contributed by atoms with Gasteiger partial charge in [0.1, 0.15) is 17.1 Å². The minimum absolute atomic E-state index is 0.00140. The van der Waals surface area contributed by atoms with Gasteiger partial charge in [0, 0.05) is 0 Å². The molecule has 2 aromatic carbocycles. The van der Waals surface area contributed by atoms with Crippen LogP contribution in [0.5, 0.6) is 11.5 Å². The summed E-state index contributed by atoms with van der Waals surface area (Å²) in [6.45, 7) is 2.16. The van der Waals surface area contributed by atoms with E-state index in [1.807, 2.05) is 6.92 Å². The Balaban J connectivity index is 1.83. The second-order valence-corrected chi connectivity index (χ2v) is 6.60. The van der Waals surface area contributed by atoms with Crippen molar-refractivity contribution in [2.75, 3.05) is 18.1 Å². The first-order valence-electron chi connectivity index (χ1n) is 9.04. The molecule has 3 amide bonds. The zero-order valence-electron chi connectivity index (χ0n) is 16.1. The maximum atomic E-state index is 13.0. The lowest BCUT2D eigenvalue weighted by molar-refractivity contribution is -0.122. The van der Waals surface area contributed by atoms with E-state index in [0.717, 1.165) is 0 Å². The van der Waals surface area contributed by atoms with Crippen molar-refractivity contribution >= 4 is 46.8 Å². The summed E-state index contributed by atoms with van der Waals surface area (Å²) in [4.78, 5) is 37.4. The van der Waals surface area contributed by atoms with Crippen LogP contribution >= 0.6 is 12.2 Å². The highest BCUT2D eigenvalue weighted by molar-refractivity contribution is 7.80. The summed E-state index contributed by atoms with van der Waals surface area (Å²) in [5.74, 6) is -0.609. The van der Waals surface area contributed by atoms with Crippen molar-refractivity contribution in [2.24, 2.45) is 5.73 Å². The van der Waals surface area contributed by atoms with Gasteiger partial charge in [0.15, 0.2) is 11.7 Å². The SMILES string of the molecule is CCOc1ccc(N2C(=O)/C(=C/c3ccc(OCC(N)=O)cc3)C(=O)NC2=S)cc1. The number of rotatable bonds is 7.